The summed E-state index contributed by atoms with van der Waals surface area (Å²) in [6.07, 6.45) is 0.635. The predicted molar refractivity (Wildman–Crippen MR) is 127 cm³/mol. The van der Waals surface area contributed by atoms with Gasteiger partial charge in [0.2, 0.25) is 0 Å². The van der Waals surface area contributed by atoms with Gasteiger partial charge in [-0.2, -0.15) is 5.26 Å². The second kappa shape index (κ2) is 10.4. The molecule has 6 nitrogen and oxygen atoms in total. The average molecular weight is 451 g/mol. The quantitative estimate of drug-likeness (QED) is 0.607. The Kier molecular flexibility index (Phi) is 7.68. The average Bonchev–Trinajstić information content (AvgIpc) is 2.83. The minimum Gasteiger partial charge on any atom is -0.300 e. The zero-order valence-electron chi connectivity index (χ0n) is 18.6. The Morgan fingerprint density at radius 3 is 2.44 bits per heavy atom. The molecule has 3 aromatic rings. The van der Waals surface area contributed by atoms with Gasteiger partial charge in [-0.05, 0) is 35.4 Å². The van der Waals surface area contributed by atoms with Gasteiger partial charge in [0, 0.05) is 43.8 Å². The Hall–Kier alpha value is -3.14. The van der Waals surface area contributed by atoms with E-state index < -0.39 is 0 Å². The Balaban J connectivity index is 0.00000141. The summed E-state index contributed by atoms with van der Waals surface area (Å²) in [6, 6.07) is 16.8. The Morgan fingerprint density at radius 1 is 1.03 bits per heavy atom. The lowest BCUT2D eigenvalue weighted by molar-refractivity contribution is 0.237. The largest absolute Gasteiger partial charge is 0.331 e. The molecule has 2 aromatic carbocycles. The number of aromatic nitrogens is 2. The van der Waals surface area contributed by atoms with E-state index in [-0.39, 0.29) is 17.8 Å². The molecule has 0 spiro atoms. The van der Waals surface area contributed by atoms with Gasteiger partial charge in [-0.25, -0.2) is 4.79 Å². The first-order valence-corrected chi connectivity index (χ1v) is 11.1. The molecule has 166 valence electrons. The fourth-order valence-electron chi connectivity index (χ4n) is 3.96. The summed E-state index contributed by atoms with van der Waals surface area (Å²) in [5, 5.41) is 9.72. The Labute approximate surface area is 192 Å². The molecule has 0 saturated carbocycles. The van der Waals surface area contributed by atoms with Crippen molar-refractivity contribution in [3.05, 3.63) is 102 Å². The van der Waals surface area contributed by atoms with Crippen molar-refractivity contribution < 1.29 is 0 Å². The van der Waals surface area contributed by atoms with Crippen molar-refractivity contribution in [3.63, 3.8) is 0 Å². The smallest absolute Gasteiger partial charge is 0.300 e. The predicted octanol–water partition coefficient (Wildman–Crippen LogP) is 3.70. The molecule has 32 heavy (non-hydrogen) atoms. The van der Waals surface area contributed by atoms with Crippen LogP contribution in [0.2, 0.25) is 5.02 Å². The minimum atomic E-state index is -0.302. The Bertz CT molecular complexity index is 1250. The van der Waals surface area contributed by atoms with E-state index >= 15 is 0 Å². The normalized spacial score (nSPS) is 13.0. The van der Waals surface area contributed by atoms with Crippen LogP contribution in [-0.2, 0) is 33.1 Å². The van der Waals surface area contributed by atoms with E-state index in [1.165, 1.54) is 4.57 Å². The van der Waals surface area contributed by atoms with Crippen LogP contribution in [0.4, 0.5) is 0 Å². The second-order valence-electron chi connectivity index (χ2n) is 7.56. The first-order valence-electron chi connectivity index (χ1n) is 10.7. The van der Waals surface area contributed by atoms with E-state index in [4.69, 9.17) is 16.9 Å². The van der Waals surface area contributed by atoms with Crippen LogP contribution >= 0.6 is 11.6 Å². The summed E-state index contributed by atoms with van der Waals surface area (Å²) < 4.78 is 2.89. The van der Waals surface area contributed by atoms with Crippen molar-refractivity contribution in [2.45, 2.75) is 39.9 Å². The van der Waals surface area contributed by atoms with Crippen LogP contribution in [0.15, 0.2) is 58.1 Å². The van der Waals surface area contributed by atoms with E-state index in [9.17, 15) is 9.59 Å². The molecule has 0 saturated heterocycles. The lowest BCUT2D eigenvalue weighted by atomic mass is 10.0. The zero-order chi connectivity index (χ0) is 23.3. The fourth-order valence-corrected chi connectivity index (χ4v) is 4.09. The molecule has 0 unspecified atom stereocenters. The lowest BCUT2D eigenvalue weighted by Crippen LogP contribution is -2.47. The summed E-state index contributed by atoms with van der Waals surface area (Å²) in [5.74, 6) is 0. The first-order chi connectivity index (χ1) is 15.5. The number of hydrogen-bond acceptors (Lipinski definition) is 4. The maximum Gasteiger partial charge on any atom is 0.331 e. The van der Waals surface area contributed by atoms with Gasteiger partial charge in [0.15, 0.2) is 0 Å². The van der Waals surface area contributed by atoms with Gasteiger partial charge in [0.05, 0.1) is 23.7 Å². The highest BCUT2D eigenvalue weighted by Crippen LogP contribution is 2.18. The van der Waals surface area contributed by atoms with Gasteiger partial charge in [0.1, 0.15) is 0 Å². The number of hydrogen-bond donors (Lipinski definition) is 0. The van der Waals surface area contributed by atoms with Crippen molar-refractivity contribution in [1.82, 2.24) is 14.0 Å². The van der Waals surface area contributed by atoms with Crippen molar-refractivity contribution in [2.75, 3.05) is 6.54 Å². The summed E-state index contributed by atoms with van der Waals surface area (Å²) in [6.45, 7) is 6.08. The summed E-state index contributed by atoms with van der Waals surface area (Å²) in [4.78, 5) is 28.2. The molecule has 0 radical (unpaired) electrons. The van der Waals surface area contributed by atoms with E-state index in [0.717, 1.165) is 23.4 Å². The third-order valence-electron chi connectivity index (χ3n) is 5.54. The topological polar surface area (TPSA) is 71.0 Å². The number of fused-ring (bicyclic) bond motifs is 1. The summed E-state index contributed by atoms with van der Waals surface area (Å²) in [5.41, 5.74) is 3.43. The molecule has 0 N–H and O–H groups in total. The fraction of sp³-hybridized carbons (Fsp3) is 0.320. The van der Waals surface area contributed by atoms with Crippen LogP contribution in [0.3, 0.4) is 0 Å². The molecular weight excluding hydrogens is 424 g/mol. The molecule has 1 aromatic heterocycles. The summed E-state index contributed by atoms with van der Waals surface area (Å²) >= 11 is 5.94. The summed E-state index contributed by atoms with van der Waals surface area (Å²) in [7, 11) is 1.73. The number of rotatable bonds is 4. The van der Waals surface area contributed by atoms with Crippen LogP contribution < -0.4 is 11.2 Å². The SMILES string of the molecule is CC.Cn1c2c(c(=O)n(Cc3ccc(Cl)cc3)c1=O)CN(Cc1cccc(C#N)c1)CC2. The van der Waals surface area contributed by atoms with E-state index in [1.54, 1.807) is 29.8 Å². The number of halogens is 1. The lowest BCUT2D eigenvalue weighted by Gasteiger charge is -2.30. The molecule has 4 rings (SSSR count). The molecule has 1 aliphatic heterocycles. The van der Waals surface area contributed by atoms with Gasteiger partial charge in [-0.1, -0.05) is 49.7 Å². The monoisotopic (exact) mass is 450 g/mol. The van der Waals surface area contributed by atoms with Crippen LogP contribution in [-0.4, -0.2) is 20.6 Å². The van der Waals surface area contributed by atoms with Gasteiger partial charge < -0.3 is 4.57 Å². The van der Waals surface area contributed by atoms with Crippen LogP contribution in [0.1, 0.15) is 41.8 Å². The van der Waals surface area contributed by atoms with Crippen LogP contribution in [0.5, 0.6) is 0 Å². The van der Waals surface area contributed by atoms with Gasteiger partial charge >= 0.3 is 5.69 Å². The second-order valence-corrected chi connectivity index (χ2v) is 7.99. The molecule has 1 aliphatic rings. The maximum atomic E-state index is 13.2. The van der Waals surface area contributed by atoms with Crippen molar-refractivity contribution in [2.24, 2.45) is 7.05 Å². The number of nitriles is 1. The highest BCUT2D eigenvalue weighted by Gasteiger charge is 2.24. The number of benzene rings is 2. The third-order valence-corrected chi connectivity index (χ3v) is 5.79. The third kappa shape index (κ3) is 5.01. The van der Waals surface area contributed by atoms with Crippen LogP contribution in [0, 0.1) is 11.3 Å². The molecule has 0 atom stereocenters. The minimum absolute atomic E-state index is 0.209. The molecule has 7 heteroatoms. The van der Waals surface area contributed by atoms with Gasteiger partial charge in [-0.15, -0.1) is 0 Å². The van der Waals surface area contributed by atoms with Crippen molar-refractivity contribution in [1.29, 1.82) is 5.26 Å². The number of nitrogens with zero attached hydrogens (tertiary/aromatic N) is 4. The standard InChI is InChI=1S/C23H21ClN4O2.C2H6/c1-26-21-9-10-27(13-18-4-2-3-17(11-18)12-25)15-20(21)22(29)28(23(26)30)14-16-5-7-19(24)8-6-16;1-2/h2-8,11H,9-10,13-15H2,1H3;1-2H3. The Morgan fingerprint density at radius 2 is 1.75 bits per heavy atom. The van der Waals surface area contributed by atoms with Crippen molar-refractivity contribution in [3.8, 4) is 6.07 Å². The van der Waals surface area contributed by atoms with E-state index in [0.29, 0.717) is 35.7 Å². The van der Waals surface area contributed by atoms with Gasteiger partial charge in [-0.3, -0.25) is 14.3 Å². The van der Waals surface area contributed by atoms with Crippen molar-refractivity contribution >= 4 is 11.6 Å². The molecular formula is C25H27ClN4O2. The van der Waals surface area contributed by atoms with E-state index in [2.05, 4.69) is 11.0 Å². The van der Waals surface area contributed by atoms with Crippen LogP contribution in [0.25, 0.3) is 0 Å². The molecule has 0 amide bonds. The highest BCUT2D eigenvalue weighted by molar-refractivity contribution is 6.30. The maximum absolute atomic E-state index is 13.2. The zero-order valence-corrected chi connectivity index (χ0v) is 19.4. The molecule has 0 aliphatic carbocycles. The molecule has 0 bridgehead atoms. The van der Waals surface area contributed by atoms with Gasteiger partial charge in [0.25, 0.3) is 5.56 Å². The highest BCUT2D eigenvalue weighted by atomic mass is 35.5. The van der Waals surface area contributed by atoms with E-state index in [1.807, 2.05) is 44.2 Å². The molecule has 0 fully saturated rings. The molecule has 2 heterocycles. The first kappa shape index (κ1) is 23.5.